The molecule has 0 aromatic heterocycles. The summed E-state index contributed by atoms with van der Waals surface area (Å²) in [5, 5.41) is 3.01. The van der Waals surface area contributed by atoms with E-state index in [1.165, 1.54) is 7.11 Å². The van der Waals surface area contributed by atoms with Crippen LogP contribution in [0, 0.1) is 0 Å². The largest absolute Gasteiger partial charge is 0.493 e. The van der Waals surface area contributed by atoms with Gasteiger partial charge in [-0.3, -0.25) is 9.59 Å². The molecule has 1 fully saturated rings. The van der Waals surface area contributed by atoms with Crippen molar-refractivity contribution in [3.05, 3.63) is 23.8 Å². The molecule has 1 heterocycles. The lowest BCUT2D eigenvalue weighted by molar-refractivity contribution is -0.129. The third-order valence-electron chi connectivity index (χ3n) is 3.92. The lowest BCUT2D eigenvalue weighted by atomic mass is 10.0. The van der Waals surface area contributed by atoms with Gasteiger partial charge in [-0.15, -0.1) is 0 Å². The average molecular weight is 306 g/mol. The summed E-state index contributed by atoms with van der Waals surface area (Å²) < 4.78 is 10.4. The van der Waals surface area contributed by atoms with Gasteiger partial charge in [-0.1, -0.05) is 0 Å². The Bertz CT molecular complexity index is 551. The lowest BCUT2D eigenvalue weighted by Gasteiger charge is -2.31. The van der Waals surface area contributed by atoms with E-state index in [2.05, 4.69) is 5.32 Å². The summed E-state index contributed by atoms with van der Waals surface area (Å²) in [6.07, 6.45) is 1.55. The monoisotopic (exact) mass is 306 g/mol. The molecule has 1 aromatic carbocycles. The number of ether oxygens (including phenoxy) is 2. The maximum absolute atomic E-state index is 12.3. The molecule has 0 atom stereocenters. The predicted molar refractivity (Wildman–Crippen MR) is 82.3 cm³/mol. The molecule has 2 amide bonds. The van der Waals surface area contributed by atoms with E-state index in [0.29, 0.717) is 30.2 Å². The van der Waals surface area contributed by atoms with Gasteiger partial charge in [-0.05, 0) is 31.0 Å². The van der Waals surface area contributed by atoms with Gasteiger partial charge < -0.3 is 19.7 Å². The molecule has 6 heteroatoms. The number of hydrogen-bond donors (Lipinski definition) is 1. The van der Waals surface area contributed by atoms with Crippen LogP contribution in [-0.2, 0) is 4.79 Å². The summed E-state index contributed by atoms with van der Waals surface area (Å²) in [4.78, 5) is 25.4. The van der Waals surface area contributed by atoms with Crippen molar-refractivity contribution in [2.75, 3.05) is 27.3 Å². The number of carbonyl (C=O) groups excluding carboxylic acids is 2. The third-order valence-corrected chi connectivity index (χ3v) is 3.92. The number of nitrogens with zero attached hydrogens (tertiary/aromatic N) is 1. The molecule has 0 spiro atoms. The van der Waals surface area contributed by atoms with Gasteiger partial charge in [-0.25, -0.2) is 0 Å². The fourth-order valence-corrected chi connectivity index (χ4v) is 2.58. The highest BCUT2D eigenvalue weighted by atomic mass is 16.5. The van der Waals surface area contributed by atoms with Crippen LogP contribution in [0.4, 0.5) is 0 Å². The molecule has 0 saturated carbocycles. The van der Waals surface area contributed by atoms with Crippen molar-refractivity contribution in [2.45, 2.75) is 25.8 Å². The summed E-state index contributed by atoms with van der Waals surface area (Å²) in [5.41, 5.74) is 0.534. The molecule has 22 heavy (non-hydrogen) atoms. The molecule has 0 aliphatic carbocycles. The Kier molecular flexibility index (Phi) is 5.25. The van der Waals surface area contributed by atoms with Gasteiger partial charge in [0.25, 0.3) is 5.91 Å². The molecule has 1 aliphatic rings. The summed E-state index contributed by atoms with van der Waals surface area (Å²) in [6, 6.07) is 5.18. The number of benzene rings is 1. The van der Waals surface area contributed by atoms with Crippen LogP contribution >= 0.6 is 0 Å². The molecule has 1 saturated heterocycles. The standard InChI is InChI=1S/C16H22N2O4/c1-11(19)18-8-6-13(7-9-18)17-16(20)12-4-5-14(21-2)15(10-12)22-3/h4-5,10,13H,6-9H2,1-3H3,(H,17,20). The number of carbonyl (C=O) groups is 2. The molecule has 0 unspecified atom stereocenters. The van der Waals surface area contributed by atoms with E-state index in [4.69, 9.17) is 9.47 Å². The minimum Gasteiger partial charge on any atom is -0.493 e. The Morgan fingerprint density at radius 1 is 1.14 bits per heavy atom. The minimum absolute atomic E-state index is 0.0877. The zero-order valence-corrected chi connectivity index (χ0v) is 13.2. The molecule has 2 rings (SSSR count). The van der Waals surface area contributed by atoms with Crippen molar-refractivity contribution in [2.24, 2.45) is 0 Å². The highest BCUT2D eigenvalue weighted by Crippen LogP contribution is 2.27. The van der Waals surface area contributed by atoms with Crippen LogP contribution in [0.3, 0.4) is 0 Å². The second-order valence-electron chi connectivity index (χ2n) is 5.32. The minimum atomic E-state index is -0.137. The first-order chi connectivity index (χ1) is 10.5. The van der Waals surface area contributed by atoms with Crippen LogP contribution in [0.15, 0.2) is 18.2 Å². The van der Waals surface area contributed by atoms with Gasteiger partial charge >= 0.3 is 0 Å². The van der Waals surface area contributed by atoms with Gasteiger partial charge in [0.1, 0.15) is 0 Å². The van der Waals surface area contributed by atoms with Gasteiger partial charge in [0.2, 0.25) is 5.91 Å². The van der Waals surface area contributed by atoms with E-state index in [0.717, 1.165) is 12.8 Å². The van der Waals surface area contributed by atoms with Crippen LogP contribution in [0.25, 0.3) is 0 Å². The maximum atomic E-state index is 12.3. The first-order valence-electron chi connectivity index (χ1n) is 7.33. The molecular formula is C16H22N2O4. The van der Waals surface area contributed by atoms with Crippen LogP contribution in [0.1, 0.15) is 30.1 Å². The van der Waals surface area contributed by atoms with Crippen molar-refractivity contribution >= 4 is 11.8 Å². The Morgan fingerprint density at radius 2 is 1.77 bits per heavy atom. The number of methoxy groups -OCH3 is 2. The van der Waals surface area contributed by atoms with Crippen LogP contribution in [-0.4, -0.2) is 50.1 Å². The first kappa shape index (κ1) is 16.1. The number of hydrogen-bond acceptors (Lipinski definition) is 4. The molecule has 1 aromatic rings. The zero-order chi connectivity index (χ0) is 16.1. The smallest absolute Gasteiger partial charge is 0.251 e. The maximum Gasteiger partial charge on any atom is 0.251 e. The fraction of sp³-hybridized carbons (Fsp3) is 0.500. The predicted octanol–water partition coefficient (Wildman–Crippen LogP) is 1.44. The SMILES string of the molecule is COc1ccc(C(=O)NC2CCN(C(C)=O)CC2)cc1OC. The first-order valence-corrected chi connectivity index (χ1v) is 7.33. The Hall–Kier alpha value is -2.24. The second kappa shape index (κ2) is 7.15. The Balaban J connectivity index is 1.97. The van der Waals surface area contributed by atoms with E-state index in [9.17, 15) is 9.59 Å². The zero-order valence-electron chi connectivity index (χ0n) is 13.2. The van der Waals surface area contributed by atoms with Gasteiger partial charge in [0.05, 0.1) is 14.2 Å². The summed E-state index contributed by atoms with van der Waals surface area (Å²) in [6.45, 7) is 2.95. The van der Waals surface area contributed by atoms with Crippen LogP contribution < -0.4 is 14.8 Å². The summed E-state index contributed by atoms with van der Waals surface area (Å²) >= 11 is 0. The van der Waals surface area contributed by atoms with E-state index in [1.54, 1.807) is 37.1 Å². The average Bonchev–Trinajstić information content (AvgIpc) is 2.54. The fourth-order valence-electron chi connectivity index (χ4n) is 2.58. The van der Waals surface area contributed by atoms with E-state index < -0.39 is 0 Å². The highest BCUT2D eigenvalue weighted by molar-refractivity contribution is 5.95. The van der Waals surface area contributed by atoms with Crippen molar-refractivity contribution in [1.82, 2.24) is 10.2 Å². The number of likely N-dealkylation sites (tertiary alicyclic amines) is 1. The molecule has 1 N–H and O–H groups in total. The van der Waals surface area contributed by atoms with Crippen LogP contribution in [0.5, 0.6) is 11.5 Å². The molecular weight excluding hydrogens is 284 g/mol. The number of piperidine rings is 1. The van der Waals surface area contributed by atoms with E-state index in [-0.39, 0.29) is 17.9 Å². The molecule has 120 valence electrons. The van der Waals surface area contributed by atoms with Crippen molar-refractivity contribution in [1.29, 1.82) is 0 Å². The van der Waals surface area contributed by atoms with E-state index >= 15 is 0 Å². The topological polar surface area (TPSA) is 67.9 Å². The van der Waals surface area contributed by atoms with Crippen molar-refractivity contribution < 1.29 is 19.1 Å². The highest BCUT2D eigenvalue weighted by Gasteiger charge is 2.22. The van der Waals surface area contributed by atoms with E-state index in [1.807, 2.05) is 0 Å². The van der Waals surface area contributed by atoms with Crippen molar-refractivity contribution in [3.8, 4) is 11.5 Å². The lowest BCUT2D eigenvalue weighted by Crippen LogP contribution is -2.46. The molecule has 1 aliphatic heterocycles. The number of rotatable bonds is 4. The molecule has 6 nitrogen and oxygen atoms in total. The Labute approximate surface area is 130 Å². The second-order valence-corrected chi connectivity index (χ2v) is 5.32. The Morgan fingerprint density at radius 3 is 2.32 bits per heavy atom. The number of nitrogens with one attached hydrogen (secondary N) is 1. The summed E-state index contributed by atoms with van der Waals surface area (Å²) in [7, 11) is 3.09. The van der Waals surface area contributed by atoms with Gasteiger partial charge in [-0.2, -0.15) is 0 Å². The quantitative estimate of drug-likeness (QED) is 0.914. The third kappa shape index (κ3) is 3.69. The van der Waals surface area contributed by atoms with Crippen LogP contribution in [0.2, 0.25) is 0 Å². The summed E-state index contributed by atoms with van der Waals surface area (Å²) in [5.74, 6) is 1.07. The normalized spacial score (nSPS) is 15.3. The molecule has 0 radical (unpaired) electrons. The molecule has 0 bridgehead atoms. The van der Waals surface area contributed by atoms with Gasteiger partial charge in [0.15, 0.2) is 11.5 Å². The number of amides is 2. The van der Waals surface area contributed by atoms with Crippen molar-refractivity contribution in [3.63, 3.8) is 0 Å². The van der Waals surface area contributed by atoms with Gasteiger partial charge in [0, 0.05) is 31.6 Å².